The molecule has 4 aromatic heterocycles. The fraction of sp³-hybridized carbons (Fsp3) is 0.0417. The molecule has 0 radical (unpaired) electrons. The second-order valence-corrected chi connectivity index (χ2v) is 11.3. The third-order valence-corrected chi connectivity index (χ3v) is 8.61. The molecule has 5 aromatic rings. The van der Waals surface area contributed by atoms with Gasteiger partial charge in [0.15, 0.2) is 0 Å². The molecule has 0 aliphatic carbocycles. The lowest BCUT2D eigenvalue weighted by Gasteiger charge is -2.08. The molecule has 0 spiro atoms. The van der Waals surface area contributed by atoms with E-state index in [0.717, 1.165) is 16.9 Å². The Bertz CT molecular complexity index is 1820. The van der Waals surface area contributed by atoms with Crippen LogP contribution in [0.2, 0.25) is 0 Å². The van der Waals surface area contributed by atoms with Gasteiger partial charge in [0, 0.05) is 28.4 Å². The molecular formula is C24H17N7O3S3. The third kappa shape index (κ3) is 4.38. The Morgan fingerprint density at radius 2 is 1.86 bits per heavy atom. The molecule has 0 amide bonds. The predicted octanol–water partition coefficient (Wildman–Crippen LogP) is 4.19. The molecule has 13 heteroatoms. The Morgan fingerprint density at radius 3 is 2.51 bits per heavy atom. The average Bonchev–Trinajstić information content (AvgIpc) is 3.51. The zero-order chi connectivity index (χ0) is 26.3. The van der Waals surface area contributed by atoms with Crippen molar-refractivity contribution in [3.63, 3.8) is 0 Å². The summed E-state index contributed by atoms with van der Waals surface area (Å²) in [4.78, 5) is 26.2. The van der Waals surface area contributed by atoms with Crippen molar-refractivity contribution in [2.45, 2.75) is 11.8 Å². The van der Waals surface area contributed by atoms with E-state index in [1.165, 1.54) is 41.8 Å². The summed E-state index contributed by atoms with van der Waals surface area (Å²) in [6.07, 6.45) is 1.45. The molecule has 0 fully saturated rings. The number of nitrogens with one attached hydrogen (secondary N) is 1. The van der Waals surface area contributed by atoms with E-state index in [-0.39, 0.29) is 38.4 Å². The van der Waals surface area contributed by atoms with E-state index in [1.54, 1.807) is 13.0 Å². The van der Waals surface area contributed by atoms with Crippen LogP contribution >= 0.6 is 22.7 Å². The Balaban J connectivity index is 1.52. The Kier molecular flexibility index (Phi) is 6.08. The molecule has 0 saturated heterocycles. The first-order valence-electron chi connectivity index (χ1n) is 10.6. The summed E-state index contributed by atoms with van der Waals surface area (Å²) in [5.74, 6) is -0.410. The number of aromatic nitrogens is 3. The number of aryl methyl sites for hydroxylation is 1. The van der Waals surface area contributed by atoms with Crippen LogP contribution in [0.25, 0.3) is 21.3 Å². The number of anilines is 3. The maximum atomic E-state index is 13.4. The first kappa shape index (κ1) is 24.3. The van der Waals surface area contributed by atoms with Gasteiger partial charge in [-0.15, -0.1) is 11.3 Å². The van der Waals surface area contributed by atoms with Gasteiger partial charge in [-0.05, 0) is 59.6 Å². The lowest BCUT2D eigenvalue weighted by Crippen LogP contribution is -2.15. The Hall–Kier alpha value is -4.38. The second-order valence-electron chi connectivity index (χ2n) is 7.88. The topological polar surface area (TPSA) is 178 Å². The number of carbonyl (C=O) groups excluding carboxylic acids is 1. The molecule has 0 aliphatic heterocycles. The summed E-state index contributed by atoms with van der Waals surface area (Å²) in [7, 11) is -3.97. The minimum atomic E-state index is -3.97. The number of hydrogen-bond donors (Lipinski definition) is 3. The van der Waals surface area contributed by atoms with Gasteiger partial charge in [-0.2, -0.15) is 16.6 Å². The number of carbonyl (C=O) groups is 1. The van der Waals surface area contributed by atoms with Gasteiger partial charge in [-0.1, -0.05) is 0 Å². The van der Waals surface area contributed by atoms with E-state index >= 15 is 0 Å². The molecule has 10 nitrogen and oxygen atoms in total. The summed E-state index contributed by atoms with van der Waals surface area (Å²) < 4.78 is 27.8. The molecular weight excluding hydrogens is 531 g/mol. The third-order valence-electron chi connectivity index (χ3n) is 5.48. The van der Waals surface area contributed by atoms with Crippen LogP contribution in [0.1, 0.15) is 26.5 Å². The van der Waals surface area contributed by atoms with Crippen molar-refractivity contribution >= 4 is 66.2 Å². The van der Waals surface area contributed by atoms with Crippen molar-refractivity contribution in [3.05, 3.63) is 75.1 Å². The molecule has 4 heterocycles. The van der Waals surface area contributed by atoms with Crippen LogP contribution in [0.4, 0.5) is 17.5 Å². The number of thiophene rings is 2. The summed E-state index contributed by atoms with van der Waals surface area (Å²) in [5.41, 5.74) is 15.0. The minimum absolute atomic E-state index is 0.0519. The number of benzene rings is 1. The number of nitrogen functional groups attached to an aromatic ring is 2. The monoisotopic (exact) mass is 547 g/mol. The molecule has 37 heavy (non-hydrogen) atoms. The van der Waals surface area contributed by atoms with Gasteiger partial charge in [0.05, 0.1) is 10.6 Å². The molecule has 0 saturated carbocycles. The van der Waals surface area contributed by atoms with Gasteiger partial charge >= 0.3 is 0 Å². The molecule has 5 rings (SSSR count). The van der Waals surface area contributed by atoms with E-state index in [2.05, 4.69) is 25.7 Å². The highest BCUT2D eigenvalue weighted by atomic mass is 32.2. The number of pyridine rings is 1. The maximum absolute atomic E-state index is 13.4. The van der Waals surface area contributed by atoms with Crippen molar-refractivity contribution in [3.8, 4) is 17.2 Å². The summed E-state index contributed by atoms with van der Waals surface area (Å²) in [6.45, 7) is 1.72. The first-order valence-corrected chi connectivity index (χ1v) is 13.8. The zero-order valence-electron chi connectivity index (χ0n) is 19.1. The van der Waals surface area contributed by atoms with E-state index in [4.69, 9.17) is 11.5 Å². The van der Waals surface area contributed by atoms with Gasteiger partial charge in [0.25, 0.3) is 10.0 Å². The van der Waals surface area contributed by atoms with Crippen LogP contribution in [0.5, 0.6) is 0 Å². The fourth-order valence-corrected chi connectivity index (χ4v) is 6.41. The minimum Gasteiger partial charge on any atom is -0.397 e. The smallest absolute Gasteiger partial charge is 0.264 e. The van der Waals surface area contributed by atoms with Gasteiger partial charge in [-0.25, -0.2) is 28.1 Å². The van der Waals surface area contributed by atoms with Crippen molar-refractivity contribution in [1.29, 1.82) is 5.26 Å². The van der Waals surface area contributed by atoms with Crippen LogP contribution in [0, 0.1) is 18.3 Å². The molecule has 184 valence electrons. The fourth-order valence-electron chi connectivity index (χ4n) is 3.74. The number of ketones is 1. The summed E-state index contributed by atoms with van der Waals surface area (Å²) in [5, 5.41) is 13.9. The number of rotatable bonds is 6. The number of nitrogens with zero attached hydrogens (tertiary/aromatic N) is 4. The summed E-state index contributed by atoms with van der Waals surface area (Å²) in [6, 6.07) is 11.0. The van der Waals surface area contributed by atoms with Crippen LogP contribution in [-0.2, 0) is 10.0 Å². The summed E-state index contributed by atoms with van der Waals surface area (Å²) >= 11 is 2.52. The molecule has 0 bridgehead atoms. The highest BCUT2D eigenvalue weighted by Crippen LogP contribution is 2.43. The molecule has 1 aromatic carbocycles. The van der Waals surface area contributed by atoms with Gasteiger partial charge in [0.2, 0.25) is 11.7 Å². The maximum Gasteiger partial charge on any atom is 0.264 e. The van der Waals surface area contributed by atoms with Crippen LogP contribution < -0.4 is 16.2 Å². The SMILES string of the molecule is Cc1ccnc(NS(=O)(=O)c2ccc(C(=O)c3sc4nc(N)c(C#N)c(-c5ccsc5)c4c3N)cc2)n1. The molecule has 0 atom stereocenters. The highest BCUT2D eigenvalue weighted by molar-refractivity contribution is 7.92. The quantitative estimate of drug-likeness (QED) is 0.263. The first-order chi connectivity index (χ1) is 17.7. The van der Waals surface area contributed by atoms with E-state index in [9.17, 15) is 18.5 Å². The second kappa shape index (κ2) is 9.25. The predicted molar refractivity (Wildman–Crippen MR) is 144 cm³/mol. The van der Waals surface area contributed by atoms with Crippen molar-refractivity contribution in [2.75, 3.05) is 16.2 Å². The number of nitriles is 1. The molecule has 0 aliphatic rings. The largest absolute Gasteiger partial charge is 0.397 e. The zero-order valence-corrected chi connectivity index (χ0v) is 21.5. The Morgan fingerprint density at radius 1 is 1.11 bits per heavy atom. The van der Waals surface area contributed by atoms with Crippen LogP contribution in [-0.4, -0.2) is 29.2 Å². The normalized spacial score (nSPS) is 11.4. The lowest BCUT2D eigenvalue weighted by molar-refractivity contribution is 0.104. The standard InChI is InChI=1S/C24H17N7O3S3/c1-12-6-8-28-24(29-12)31-37(33,34)15-4-2-13(3-5-15)20(32)21-19(26)18-17(14-7-9-35-11-14)16(10-25)22(27)30-23(18)36-21/h2-9,11H,26H2,1H3,(H2,27,30)(H,28,29,31). The number of hydrogen-bond acceptors (Lipinski definition) is 11. The van der Waals surface area contributed by atoms with E-state index < -0.39 is 15.8 Å². The van der Waals surface area contributed by atoms with Crippen molar-refractivity contribution in [2.24, 2.45) is 0 Å². The van der Waals surface area contributed by atoms with Gasteiger partial charge < -0.3 is 11.5 Å². The Labute approximate surface area is 219 Å². The van der Waals surface area contributed by atoms with Gasteiger partial charge in [-0.3, -0.25) is 4.79 Å². The van der Waals surface area contributed by atoms with E-state index in [0.29, 0.717) is 21.5 Å². The molecule has 0 unspecified atom stereocenters. The average molecular weight is 548 g/mol. The van der Waals surface area contributed by atoms with Crippen LogP contribution in [0.15, 0.2) is 58.3 Å². The number of fused-ring (bicyclic) bond motifs is 1. The van der Waals surface area contributed by atoms with Crippen LogP contribution in [0.3, 0.4) is 0 Å². The van der Waals surface area contributed by atoms with Crippen molar-refractivity contribution in [1.82, 2.24) is 15.0 Å². The highest BCUT2D eigenvalue weighted by Gasteiger charge is 2.25. The van der Waals surface area contributed by atoms with E-state index in [1.807, 2.05) is 16.8 Å². The lowest BCUT2D eigenvalue weighted by atomic mass is 9.99. The van der Waals surface area contributed by atoms with Gasteiger partial charge in [0.1, 0.15) is 27.2 Å². The van der Waals surface area contributed by atoms with Crippen molar-refractivity contribution < 1.29 is 13.2 Å². The number of sulfonamides is 1. The molecule has 5 N–H and O–H groups in total. The number of nitrogens with two attached hydrogens (primary N) is 2.